The third kappa shape index (κ3) is 2.66. The summed E-state index contributed by atoms with van der Waals surface area (Å²) in [4.78, 5) is 0.110. The lowest BCUT2D eigenvalue weighted by Gasteiger charge is -2.35. The predicted molar refractivity (Wildman–Crippen MR) is 66.2 cm³/mol. The molecule has 1 aromatic heterocycles. The summed E-state index contributed by atoms with van der Waals surface area (Å²) in [5, 5.41) is 12.8. The van der Waals surface area contributed by atoms with E-state index in [9.17, 15) is 8.42 Å². The topological polar surface area (TPSA) is 92.9 Å². The Morgan fingerprint density at radius 3 is 2.63 bits per heavy atom. The molecule has 1 saturated heterocycles. The zero-order chi connectivity index (χ0) is 14.2. The minimum atomic E-state index is -3.67. The molecule has 0 saturated carbocycles. The van der Waals surface area contributed by atoms with Gasteiger partial charge in [0, 0.05) is 13.1 Å². The minimum absolute atomic E-state index is 0.110. The molecular weight excluding hydrogens is 272 g/mol. The van der Waals surface area contributed by atoms with Gasteiger partial charge in [0.15, 0.2) is 5.76 Å². The van der Waals surface area contributed by atoms with E-state index in [0.29, 0.717) is 5.69 Å². The lowest BCUT2D eigenvalue weighted by atomic mass is 10.2. The van der Waals surface area contributed by atoms with Crippen LogP contribution in [0.5, 0.6) is 0 Å². The molecule has 1 aliphatic rings. The first kappa shape index (κ1) is 14.4. The predicted octanol–water partition coefficient (Wildman–Crippen LogP) is 0.0617. The van der Waals surface area contributed by atoms with Gasteiger partial charge < -0.3 is 14.4 Å². The fraction of sp³-hybridized carbons (Fsp3) is 0.727. The van der Waals surface area contributed by atoms with Gasteiger partial charge in [0.25, 0.3) is 0 Å². The lowest BCUT2D eigenvalue weighted by Crippen LogP contribution is -2.50. The second kappa shape index (κ2) is 5.20. The van der Waals surface area contributed by atoms with Crippen LogP contribution in [0.1, 0.15) is 18.4 Å². The number of aryl methyl sites for hydroxylation is 2. The first-order chi connectivity index (χ1) is 8.86. The first-order valence-corrected chi connectivity index (χ1v) is 7.49. The van der Waals surface area contributed by atoms with Gasteiger partial charge in [0.1, 0.15) is 10.6 Å². The number of aromatic nitrogens is 1. The van der Waals surface area contributed by atoms with Crippen LogP contribution in [0, 0.1) is 13.8 Å². The van der Waals surface area contributed by atoms with E-state index in [1.54, 1.807) is 20.8 Å². The Kier molecular flexibility index (Phi) is 3.95. The second-order valence-electron chi connectivity index (χ2n) is 4.73. The van der Waals surface area contributed by atoms with Gasteiger partial charge in [-0.05, 0) is 20.8 Å². The van der Waals surface area contributed by atoms with Crippen molar-refractivity contribution in [2.75, 3.05) is 19.7 Å². The Morgan fingerprint density at radius 1 is 1.42 bits per heavy atom. The van der Waals surface area contributed by atoms with Gasteiger partial charge in [0.05, 0.1) is 18.8 Å². The molecule has 1 fully saturated rings. The van der Waals surface area contributed by atoms with Crippen LogP contribution in [-0.4, -0.2) is 54.9 Å². The standard InChI is InChI=1S/C11H18N2O5S/c1-7-4-13(5-10(6-14)17-7)19(15,16)11-8(2)12-18-9(11)3/h7,10,14H,4-6H2,1-3H3. The number of hydrogen-bond donors (Lipinski definition) is 1. The van der Waals surface area contributed by atoms with Crippen LogP contribution in [0.25, 0.3) is 0 Å². The third-order valence-corrected chi connectivity index (χ3v) is 5.14. The molecule has 0 aliphatic carbocycles. The molecule has 8 heteroatoms. The Hall–Kier alpha value is -0.960. The molecule has 2 unspecified atom stereocenters. The summed E-state index contributed by atoms with van der Waals surface area (Å²) in [5.41, 5.74) is 0.345. The summed E-state index contributed by atoms with van der Waals surface area (Å²) in [7, 11) is -3.67. The highest BCUT2D eigenvalue weighted by molar-refractivity contribution is 7.89. The van der Waals surface area contributed by atoms with E-state index in [1.165, 1.54) is 4.31 Å². The molecule has 2 rings (SSSR count). The van der Waals surface area contributed by atoms with E-state index in [4.69, 9.17) is 14.4 Å². The van der Waals surface area contributed by atoms with E-state index in [2.05, 4.69) is 5.16 Å². The van der Waals surface area contributed by atoms with Crippen LogP contribution in [0.15, 0.2) is 9.42 Å². The van der Waals surface area contributed by atoms with Gasteiger partial charge >= 0.3 is 0 Å². The molecule has 2 heterocycles. The number of nitrogens with zero attached hydrogens (tertiary/aromatic N) is 2. The summed E-state index contributed by atoms with van der Waals surface area (Å²) in [6.45, 7) is 5.11. The summed E-state index contributed by atoms with van der Waals surface area (Å²) in [6.07, 6.45) is -0.764. The molecule has 0 aromatic carbocycles. The molecule has 0 bridgehead atoms. The van der Waals surface area contributed by atoms with E-state index in [1.807, 2.05) is 0 Å². The molecule has 0 amide bonds. The average molecular weight is 290 g/mol. The molecule has 19 heavy (non-hydrogen) atoms. The fourth-order valence-corrected chi connectivity index (χ4v) is 4.11. The summed E-state index contributed by atoms with van der Waals surface area (Å²) >= 11 is 0. The van der Waals surface area contributed by atoms with Crippen LogP contribution in [0.3, 0.4) is 0 Å². The number of aliphatic hydroxyl groups is 1. The van der Waals surface area contributed by atoms with E-state index in [0.717, 1.165) is 0 Å². The zero-order valence-electron chi connectivity index (χ0n) is 11.2. The van der Waals surface area contributed by atoms with Crippen LogP contribution < -0.4 is 0 Å². The lowest BCUT2D eigenvalue weighted by molar-refractivity contribution is -0.0750. The van der Waals surface area contributed by atoms with Gasteiger partial charge in [-0.1, -0.05) is 5.16 Å². The minimum Gasteiger partial charge on any atom is -0.394 e. The van der Waals surface area contributed by atoms with Gasteiger partial charge in [-0.2, -0.15) is 4.31 Å². The molecule has 1 aromatic rings. The van der Waals surface area contributed by atoms with Crippen LogP contribution in [-0.2, 0) is 14.8 Å². The van der Waals surface area contributed by atoms with Crippen molar-refractivity contribution in [3.05, 3.63) is 11.5 Å². The molecular formula is C11H18N2O5S. The molecule has 0 spiro atoms. The average Bonchev–Trinajstić information content (AvgIpc) is 2.68. The van der Waals surface area contributed by atoms with Crippen LogP contribution in [0.4, 0.5) is 0 Å². The van der Waals surface area contributed by atoms with Crippen molar-refractivity contribution in [2.45, 2.75) is 37.9 Å². The number of rotatable bonds is 3. The van der Waals surface area contributed by atoms with Gasteiger partial charge in [-0.15, -0.1) is 0 Å². The van der Waals surface area contributed by atoms with Crippen molar-refractivity contribution < 1.29 is 22.8 Å². The highest BCUT2D eigenvalue weighted by Gasteiger charge is 2.36. The molecule has 0 radical (unpaired) electrons. The molecule has 7 nitrogen and oxygen atoms in total. The van der Waals surface area contributed by atoms with E-state index < -0.39 is 16.1 Å². The molecule has 2 atom stereocenters. The third-order valence-electron chi connectivity index (χ3n) is 3.06. The van der Waals surface area contributed by atoms with Crippen molar-refractivity contribution in [2.24, 2.45) is 0 Å². The molecule has 1 aliphatic heterocycles. The quantitative estimate of drug-likeness (QED) is 0.846. The van der Waals surface area contributed by atoms with Crippen molar-refractivity contribution in [3.63, 3.8) is 0 Å². The SMILES string of the molecule is Cc1noc(C)c1S(=O)(=O)N1CC(C)OC(CO)C1. The van der Waals surface area contributed by atoms with Crippen LogP contribution >= 0.6 is 0 Å². The molecule has 108 valence electrons. The second-order valence-corrected chi connectivity index (χ2v) is 6.60. The fourth-order valence-electron chi connectivity index (χ4n) is 2.27. The Balaban J connectivity index is 2.34. The number of morpholine rings is 1. The largest absolute Gasteiger partial charge is 0.394 e. The number of hydrogen-bond acceptors (Lipinski definition) is 6. The maximum absolute atomic E-state index is 12.6. The van der Waals surface area contributed by atoms with Crippen LogP contribution in [0.2, 0.25) is 0 Å². The maximum atomic E-state index is 12.6. The van der Waals surface area contributed by atoms with Gasteiger partial charge in [0.2, 0.25) is 10.0 Å². The monoisotopic (exact) mass is 290 g/mol. The highest BCUT2D eigenvalue weighted by atomic mass is 32.2. The van der Waals surface area contributed by atoms with Crippen molar-refractivity contribution >= 4 is 10.0 Å². The molecule has 1 N–H and O–H groups in total. The highest BCUT2D eigenvalue weighted by Crippen LogP contribution is 2.25. The van der Waals surface area contributed by atoms with E-state index >= 15 is 0 Å². The Bertz CT molecular complexity index is 534. The smallest absolute Gasteiger partial charge is 0.248 e. The number of sulfonamides is 1. The first-order valence-electron chi connectivity index (χ1n) is 6.05. The summed E-state index contributed by atoms with van der Waals surface area (Å²) < 4.78 is 36.8. The maximum Gasteiger partial charge on any atom is 0.248 e. The summed E-state index contributed by atoms with van der Waals surface area (Å²) in [5.74, 6) is 0.275. The van der Waals surface area contributed by atoms with Crippen molar-refractivity contribution in [1.29, 1.82) is 0 Å². The Labute approximate surface area is 112 Å². The normalized spacial score (nSPS) is 25.7. The summed E-state index contributed by atoms with van der Waals surface area (Å²) in [6, 6.07) is 0. The number of ether oxygens (including phenoxy) is 1. The Morgan fingerprint density at radius 2 is 2.11 bits per heavy atom. The van der Waals surface area contributed by atoms with Crippen molar-refractivity contribution in [1.82, 2.24) is 9.46 Å². The number of aliphatic hydroxyl groups excluding tert-OH is 1. The van der Waals surface area contributed by atoms with Gasteiger partial charge in [-0.3, -0.25) is 0 Å². The van der Waals surface area contributed by atoms with E-state index in [-0.39, 0.29) is 36.5 Å². The van der Waals surface area contributed by atoms with Gasteiger partial charge in [-0.25, -0.2) is 8.42 Å². The zero-order valence-corrected chi connectivity index (χ0v) is 12.0. The van der Waals surface area contributed by atoms with Crippen molar-refractivity contribution in [3.8, 4) is 0 Å².